The molecule has 1 aromatic heterocycles. The number of hydrogen-bond acceptors (Lipinski definition) is 6. The molecule has 0 saturated heterocycles. The van der Waals surface area contributed by atoms with Crippen LogP contribution in [0.3, 0.4) is 0 Å². The molecule has 0 aliphatic rings. The molecule has 1 heterocycles. The van der Waals surface area contributed by atoms with Gasteiger partial charge < -0.3 is 15.9 Å². The van der Waals surface area contributed by atoms with E-state index in [-0.39, 0.29) is 16.8 Å². The molecule has 0 radical (unpaired) electrons. The van der Waals surface area contributed by atoms with Gasteiger partial charge in [0.2, 0.25) is 0 Å². The van der Waals surface area contributed by atoms with Crippen molar-refractivity contribution in [2.24, 2.45) is 5.73 Å². The number of aromatic nitrogens is 4. The number of rotatable bonds is 5. The van der Waals surface area contributed by atoms with Gasteiger partial charge in [-0.25, -0.2) is 9.59 Å². The summed E-state index contributed by atoms with van der Waals surface area (Å²) in [5, 5.41) is 29.0. The average Bonchev–Trinajstić information content (AvgIpc) is 2.86. The minimum atomic E-state index is -1.23. The third kappa shape index (κ3) is 2.62. The first kappa shape index (κ1) is 13.6. The van der Waals surface area contributed by atoms with Gasteiger partial charge in [-0.1, -0.05) is 0 Å². The Morgan fingerprint density at radius 1 is 1.15 bits per heavy atom. The predicted octanol–water partition coefficient (Wildman–Crippen LogP) is -0.440. The van der Waals surface area contributed by atoms with Crippen molar-refractivity contribution in [1.82, 2.24) is 20.2 Å². The van der Waals surface area contributed by atoms with Gasteiger partial charge in [-0.15, -0.1) is 5.10 Å². The molecule has 0 fully saturated rings. The molecule has 0 aliphatic heterocycles. The van der Waals surface area contributed by atoms with Crippen molar-refractivity contribution in [3.8, 4) is 5.69 Å². The van der Waals surface area contributed by atoms with E-state index in [0.717, 1.165) is 6.07 Å². The van der Waals surface area contributed by atoms with Crippen LogP contribution in [0.25, 0.3) is 5.69 Å². The molecule has 9 heteroatoms. The topological polar surface area (TPSA) is 144 Å². The number of carboxylic acids is 2. The van der Waals surface area contributed by atoms with Crippen LogP contribution in [0.5, 0.6) is 0 Å². The van der Waals surface area contributed by atoms with Crippen molar-refractivity contribution in [3.05, 3.63) is 35.2 Å². The average molecular weight is 277 g/mol. The predicted molar refractivity (Wildman–Crippen MR) is 65.8 cm³/mol. The Morgan fingerprint density at radius 3 is 2.25 bits per heavy atom. The monoisotopic (exact) mass is 277 g/mol. The number of benzene rings is 1. The summed E-state index contributed by atoms with van der Waals surface area (Å²) in [6.07, 6.45) is 0.382. The van der Waals surface area contributed by atoms with Gasteiger partial charge in [0.25, 0.3) is 0 Å². The van der Waals surface area contributed by atoms with Crippen LogP contribution in [-0.2, 0) is 6.42 Å². The van der Waals surface area contributed by atoms with Crippen LogP contribution >= 0.6 is 0 Å². The van der Waals surface area contributed by atoms with E-state index < -0.39 is 11.9 Å². The number of tetrazole rings is 1. The van der Waals surface area contributed by atoms with Gasteiger partial charge in [0.05, 0.1) is 16.8 Å². The molecule has 0 unspecified atom stereocenters. The van der Waals surface area contributed by atoms with Gasteiger partial charge in [-0.05, 0) is 35.2 Å². The molecule has 9 nitrogen and oxygen atoms in total. The summed E-state index contributed by atoms with van der Waals surface area (Å²) in [4.78, 5) is 22.1. The number of carboxylic acid groups (broad SMARTS) is 2. The summed E-state index contributed by atoms with van der Waals surface area (Å²) in [6, 6.07) is 3.66. The molecular formula is C11H11N5O4. The summed E-state index contributed by atoms with van der Waals surface area (Å²) < 4.78 is 1.27. The van der Waals surface area contributed by atoms with Crippen LogP contribution < -0.4 is 5.73 Å². The minimum absolute atomic E-state index is 0.158. The molecule has 2 rings (SSSR count). The quantitative estimate of drug-likeness (QED) is 0.667. The lowest BCUT2D eigenvalue weighted by Crippen LogP contribution is -2.12. The fourth-order valence-corrected chi connectivity index (χ4v) is 1.67. The van der Waals surface area contributed by atoms with E-state index in [1.165, 1.54) is 16.8 Å². The molecule has 4 N–H and O–H groups in total. The Labute approximate surface area is 112 Å². The van der Waals surface area contributed by atoms with E-state index >= 15 is 0 Å². The van der Waals surface area contributed by atoms with Crippen LogP contribution in [0.4, 0.5) is 0 Å². The number of aromatic carboxylic acids is 2. The maximum Gasteiger partial charge on any atom is 0.335 e. The Hall–Kier alpha value is -2.81. The fourth-order valence-electron chi connectivity index (χ4n) is 1.67. The van der Waals surface area contributed by atoms with Crippen LogP contribution in [0.1, 0.15) is 26.5 Å². The third-order valence-corrected chi connectivity index (χ3v) is 2.56. The lowest BCUT2D eigenvalue weighted by Gasteiger charge is -2.06. The molecule has 0 spiro atoms. The van der Waals surface area contributed by atoms with Crippen molar-refractivity contribution in [1.29, 1.82) is 0 Å². The summed E-state index contributed by atoms with van der Waals surface area (Å²) in [5.74, 6) is -2.04. The number of carbonyl (C=O) groups is 2. The van der Waals surface area contributed by atoms with E-state index in [1.54, 1.807) is 0 Å². The molecule has 2 aromatic rings. The van der Waals surface area contributed by atoms with Gasteiger partial charge in [-0.2, -0.15) is 4.68 Å². The highest BCUT2D eigenvalue weighted by Crippen LogP contribution is 2.15. The molecule has 20 heavy (non-hydrogen) atoms. The first-order valence-electron chi connectivity index (χ1n) is 5.62. The highest BCUT2D eigenvalue weighted by Gasteiger charge is 2.15. The summed E-state index contributed by atoms with van der Waals surface area (Å²) in [6.45, 7) is 0.310. The normalized spacial score (nSPS) is 10.4. The van der Waals surface area contributed by atoms with E-state index in [1.807, 2.05) is 0 Å². The number of hydrogen-bond donors (Lipinski definition) is 3. The molecule has 0 atom stereocenters. The van der Waals surface area contributed by atoms with E-state index in [9.17, 15) is 9.59 Å². The fraction of sp³-hybridized carbons (Fsp3) is 0.182. The Kier molecular flexibility index (Phi) is 3.71. The van der Waals surface area contributed by atoms with Crippen molar-refractivity contribution >= 4 is 11.9 Å². The van der Waals surface area contributed by atoms with Crippen molar-refractivity contribution in [3.63, 3.8) is 0 Å². The zero-order valence-electron chi connectivity index (χ0n) is 10.2. The summed E-state index contributed by atoms with van der Waals surface area (Å²) in [5.41, 5.74) is 5.37. The SMILES string of the molecule is NCCc1nnnn1-c1cc(C(=O)O)cc(C(=O)O)c1. The second-order valence-electron chi connectivity index (χ2n) is 3.92. The molecule has 0 amide bonds. The largest absolute Gasteiger partial charge is 0.478 e. The first-order valence-corrected chi connectivity index (χ1v) is 5.62. The molecule has 0 saturated carbocycles. The molecular weight excluding hydrogens is 266 g/mol. The second-order valence-corrected chi connectivity index (χ2v) is 3.92. The van der Waals surface area contributed by atoms with Gasteiger partial charge >= 0.3 is 11.9 Å². The third-order valence-electron chi connectivity index (χ3n) is 2.56. The standard InChI is InChI=1S/C11H11N5O4/c12-2-1-9-13-14-15-16(9)8-4-6(10(17)18)3-7(5-8)11(19)20/h3-5H,1-2,12H2,(H,17,18)(H,19,20). The van der Waals surface area contributed by atoms with Crippen LogP contribution in [0.15, 0.2) is 18.2 Å². The van der Waals surface area contributed by atoms with E-state index in [0.29, 0.717) is 18.8 Å². The van der Waals surface area contributed by atoms with Crippen LogP contribution in [0, 0.1) is 0 Å². The van der Waals surface area contributed by atoms with Crippen molar-refractivity contribution in [2.75, 3.05) is 6.54 Å². The molecule has 0 bridgehead atoms. The Morgan fingerprint density at radius 2 is 1.75 bits per heavy atom. The summed E-state index contributed by atoms with van der Waals surface area (Å²) in [7, 11) is 0. The Bertz CT molecular complexity index is 634. The van der Waals surface area contributed by atoms with Crippen molar-refractivity contribution < 1.29 is 19.8 Å². The number of nitrogens with zero attached hydrogens (tertiary/aromatic N) is 4. The zero-order chi connectivity index (χ0) is 14.7. The maximum atomic E-state index is 11.0. The minimum Gasteiger partial charge on any atom is -0.478 e. The summed E-state index contributed by atoms with van der Waals surface area (Å²) >= 11 is 0. The molecule has 104 valence electrons. The second kappa shape index (κ2) is 5.45. The Balaban J connectivity index is 2.57. The van der Waals surface area contributed by atoms with Gasteiger partial charge in [-0.3, -0.25) is 0 Å². The lowest BCUT2D eigenvalue weighted by molar-refractivity contribution is 0.0696. The van der Waals surface area contributed by atoms with Gasteiger partial charge in [0, 0.05) is 6.42 Å². The molecule has 1 aromatic carbocycles. The van der Waals surface area contributed by atoms with Crippen LogP contribution in [-0.4, -0.2) is 48.9 Å². The smallest absolute Gasteiger partial charge is 0.335 e. The first-order chi connectivity index (χ1) is 9.52. The van der Waals surface area contributed by atoms with Crippen LogP contribution in [0.2, 0.25) is 0 Å². The van der Waals surface area contributed by atoms with E-state index in [2.05, 4.69) is 15.5 Å². The van der Waals surface area contributed by atoms with E-state index in [4.69, 9.17) is 15.9 Å². The molecule has 0 aliphatic carbocycles. The lowest BCUT2D eigenvalue weighted by atomic mass is 10.1. The number of nitrogens with two attached hydrogens (primary N) is 1. The highest BCUT2D eigenvalue weighted by molar-refractivity contribution is 5.94. The van der Waals surface area contributed by atoms with Crippen molar-refractivity contribution in [2.45, 2.75) is 6.42 Å². The highest BCUT2D eigenvalue weighted by atomic mass is 16.4. The maximum absolute atomic E-state index is 11.0. The van der Waals surface area contributed by atoms with Gasteiger partial charge in [0.15, 0.2) is 5.82 Å². The van der Waals surface area contributed by atoms with Gasteiger partial charge in [0.1, 0.15) is 0 Å². The zero-order valence-corrected chi connectivity index (χ0v) is 10.2.